The fourth-order valence-corrected chi connectivity index (χ4v) is 9.13. The van der Waals surface area contributed by atoms with Gasteiger partial charge < -0.3 is 0 Å². The minimum atomic E-state index is 0.202. The zero-order valence-electron chi connectivity index (χ0n) is 25.7. The van der Waals surface area contributed by atoms with E-state index in [2.05, 4.69) is 83.7 Å². The Kier molecular flexibility index (Phi) is 6.35. The second-order valence-corrected chi connectivity index (χ2v) is 13.9. The third kappa shape index (κ3) is 4.79. The van der Waals surface area contributed by atoms with Crippen LogP contribution in [0.15, 0.2) is 115 Å². The van der Waals surface area contributed by atoms with Crippen LogP contribution < -0.4 is 0 Å². The van der Waals surface area contributed by atoms with Gasteiger partial charge in [0.05, 0.1) is 6.57 Å². The Hall–Kier alpha value is -5.14. The minimum absolute atomic E-state index is 0.202. The van der Waals surface area contributed by atoms with E-state index in [9.17, 15) is 0 Å². The molecule has 10 rings (SSSR count). The molecule has 4 fully saturated rings. The molecule has 46 heavy (non-hydrogen) atoms. The van der Waals surface area contributed by atoms with Crippen molar-refractivity contribution in [2.24, 2.45) is 17.8 Å². The van der Waals surface area contributed by atoms with Gasteiger partial charge in [0, 0.05) is 16.7 Å². The molecule has 0 aliphatic heterocycles. The van der Waals surface area contributed by atoms with E-state index in [1.807, 2.05) is 36.4 Å². The van der Waals surface area contributed by atoms with Gasteiger partial charge in [-0.05, 0) is 113 Å². The molecule has 1 heterocycles. The highest BCUT2D eigenvalue weighted by atomic mass is 15.0. The lowest BCUT2D eigenvalue weighted by Gasteiger charge is -2.57. The molecule has 4 bridgehead atoms. The van der Waals surface area contributed by atoms with Crippen molar-refractivity contribution in [2.45, 2.75) is 43.9 Å². The molecular weight excluding hydrogens is 560 g/mol. The zero-order valence-corrected chi connectivity index (χ0v) is 25.7. The Morgan fingerprint density at radius 2 is 1.11 bits per heavy atom. The maximum atomic E-state index is 7.66. The summed E-state index contributed by atoms with van der Waals surface area (Å²) in [7, 11) is 0. The Morgan fingerprint density at radius 1 is 0.500 bits per heavy atom. The molecule has 4 heteroatoms. The topological polar surface area (TPSA) is 43.0 Å². The highest BCUT2D eigenvalue weighted by molar-refractivity contribution is 5.86. The van der Waals surface area contributed by atoms with E-state index in [1.165, 1.54) is 49.5 Å². The monoisotopic (exact) mass is 594 g/mol. The predicted octanol–water partition coefficient (Wildman–Crippen LogP) is 10.7. The van der Waals surface area contributed by atoms with Crippen molar-refractivity contribution in [3.05, 3.63) is 132 Å². The first-order valence-corrected chi connectivity index (χ1v) is 16.6. The van der Waals surface area contributed by atoms with Crippen LogP contribution in [-0.2, 0) is 5.41 Å². The molecule has 1 aromatic heterocycles. The van der Waals surface area contributed by atoms with Gasteiger partial charge in [0.1, 0.15) is 0 Å². The maximum Gasteiger partial charge on any atom is 0.187 e. The summed E-state index contributed by atoms with van der Waals surface area (Å²) in [4.78, 5) is 19.1. The van der Waals surface area contributed by atoms with Crippen LogP contribution in [0, 0.1) is 24.3 Å². The second-order valence-electron chi connectivity index (χ2n) is 13.9. The third-order valence-electron chi connectivity index (χ3n) is 10.8. The summed E-state index contributed by atoms with van der Waals surface area (Å²) in [5, 5.41) is 2.35. The van der Waals surface area contributed by atoms with Crippen LogP contribution in [0.4, 0.5) is 5.69 Å². The summed E-state index contributed by atoms with van der Waals surface area (Å²) in [5.41, 5.74) is 7.42. The summed E-state index contributed by atoms with van der Waals surface area (Å²) in [6, 6.07) is 40.1. The van der Waals surface area contributed by atoms with Gasteiger partial charge in [-0.25, -0.2) is 19.8 Å². The van der Waals surface area contributed by atoms with E-state index in [-0.39, 0.29) is 5.41 Å². The van der Waals surface area contributed by atoms with E-state index < -0.39 is 0 Å². The fourth-order valence-electron chi connectivity index (χ4n) is 9.13. The van der Waals surface area contributed by atoms with Gasteiger partial charge in [0.15, 0.2) is 23.2 Å². The molecule has 5 aromatic carbocycles. The standard InChI is InChI=1S/C42H34N4/c1-43-38-13-7-12-33(23-38)35-20-36(22-37(21-35)42-24-27-16-28(25-42)18-29(17-27)26-42)41-45-39(31-9-3-2-4-10-31)44-40(46-41)34-15-14-30-8-5-6-11-32(30)19-34/h2-15,19-23,27-29H,16-18,24-26H2. The summed E-state index contributed by atoms with van der Waals surface area (Å²) >= 11 is 0. The van der Waals surface area contributed by atoms with Gasteiger partial charge in [-0.2, -0.15) is 0 Å². The Labute approximate surface area is 270 Å². The van der Waals surface area contributed by atoms with E-state index >= 15 is 0 Å². The molecule has 0 saturated heterocycles. The predicted molar refractivity (Wildman–Crippen MR) is 185 cm³/mol. The molecule has 0 spiro atoms. The molecule has 4 nitrogen and oxygen atoms in total. The molecule has 222 valence electrons. The van der Waals surface area contributed by atoms with Crippen LogP contribution in [-0.4, -0.2) is 15.0 Å². The number of hydrogen-bond donors (Lipinski definition) is 0. The molecular formula is C42H34N4. The van der Waals surface area contributed by atoms with Crippen LogP contribution in [0.25, 0.3) is 60.9 Å². The van der Waals surface area contributed by atoms with Crippen LogP contribution >= 0.6 is 0 Å². The molecule has 6 aromatic rings. The van der Waals surface area contributed by atoms with Crippen molar-refractivity contribution in [3.8, 4) is 45.3 Å². The number of nitrogens with zero attached hydrogens (tertiary/aromatic N) is 4. The first-order valence-electron chi connectivity index (χ1n) is 16.6. The van der Waals surface area contributed by atoms with E-state index in [4.69, 9.17) is 21.5 Å². The molecule has 4 aliphatic rings. The Balaban J connectivity index is 1.25. The number of hydrogen-bond acceptors (Lipinski definition) is 3. The average Bonchev–Trinajstić information content (AvgIpc) is 3.11. The number of fused-ring (bicyclic) bond motifs is 1. The largest absolute Gasteiger partial charge is 0.238 e. The maximum absolute atomic E-state index is 7.66. The third-order valence-corrected chi connectivity index (χ3v) is 10.8. The first-order chi connectivity index (χ1) is 22.6. The molecule has 4 aliphatic carbocycles. The summed E-state index contributed by atoms with van der Waals surface area (Å²) in [6.07, 6.45) is 8.04. The van der Waals surface area contributed by atoms with E-state index in [0.717, 1.165) is 51.0 Å². The van der Waals surface area contributed by atoms with Crippen LogP contribution in [0.2, 0.25) is 0 Å². The Morgan fingerprint density at radius 3 is 1.83 bits per heavy atom. The summed E-state index contributed by atoms with van der Waals surface area (Å²) in [6.45, 7) is 7.66. The first kappa shape index (κ1) is 27.2. The highest BCUT2D eigenvalue weighted by Crippen LogP contribution is 2.61. The number of rotatable bonds is 5. The molecule has 0 unspecified atom stereocenters. The van der Waals surface area contributed by atoms with Gasteiger partial charge in [-0.15, -0.1) is 0 Å². The van der Waals surface area contributed by atoms with Crippen molar-refractivity contribution in [3.63, 3.8) is 0 Å². The lowest BCUT2D eigenvalue weighted by molar-refractivity contribution is -0.00515. The van der Waals surface area contributed by atoms with E-state index in [0.29, 0.717) is 23.2 Å². The minimum Gasteiger partial charge on any atom is -0.238 e. The van der Waals surface area contributed by atoms with Gasteiger partial charge in [0.25, 0.3) is 0 Å². The number of aromatic nitrogens is 3. The SMILES string of the molecule is [C-]#[N+]c1cccc(-c2cc(-c3nc(-c4ccccc4)nc(-c4ccc5ccccc5c4)n3)cc(C34CC5CC(CC(C5)C3)C4)c2)c1. The summed E-state index contributed by atoms with van der Waals surface area (Å²) in [5.74, 6) is 4.54. The van der Waals surface area contributed by atoms with Crippen molar-refractivity contribution in [1.82, 2.24) is 15.0 Å². The average molecular weight is 595 g/mol. The molecule has 0 radical (unpaired) electrons. The molecule has 0 amide bonds. The Bertz CT molecular complexity index is 2120. The van der Waals surface area contributed by atoms with Gasteiger partial charge in [0.2, 0.25) is 0 Å². The number of benzene rings is 5. The van der Waals surface area contributed by atoms with Crippen LogP contribution in [0.1, 0.15) is 44.1 Å². The normalized spacial score (nSPS) is 23.0. The molecule has 0 atom stereocenters. The van der Waals surface area contributed by atoms with Gasteiger partial charge in [-0.1, -0.05) is 91.0 Å². The van der Waals surface area contributed by atoms with Gasteiger partial charge in [-0.3, -0.25) is 0 Å². The van der Waals surface area contributed by atoms with Crippen molar-refractivity contribution < 1.29 is 0 Å². The quantitative estimate of drug-likeness (QED) is 0.187. The van der Waals surface area contributed by atoms with Crippen molar-refractivity contribution in [2.75, 3.05) is 0 Å². The molecule has 0 N–H and O–H groups in total. The van der Waals surface area contributed by atoms with Crippen molar-refractivity contribution >= 4 is 16.5 Å². The van der Waals surface area contributed by atoms with Crippen molar-refractivity contribution in [1.29, 1.82) is 0 Å². The van der Waals surface area contributed by atoms with Crippen LogP contribution in [0.3, 0.4) is 0 Å². The van der Waals surface area contributed by atoms with Gasteiger partial charge >= 0.3 is 0 Å². The summed E-state index contributed by atoms with van der Waals surface area (Å²) < 4.78 is 0. The second kappa shape index (κ2) is 10.7. The van der Waals surface area contributed by atoms with E-state index in [1.54, 1.807) is 0 Å². The lowest BCUT2D eigenvalue weighted by atomic mass is 9.48. The smallest absolute Gasteiger partial charge is 0.187 e. The zero-order chi connectivity index (χ0) is 30.7. The highest BCUT2D eigenvalue weighted by Gasteiger charge is 2.51. The fraction of sp³-hybridized carbons (Fsp3) is 0.238. The molecule has 4 saturated carbocycles. The van der Waals surface area contributed by atoms with Crippen LogP contribution in [0.5, 0.6) is 0 Å². The lowest BCUT2D eigenvalue weighted by Crippen LogP contribution is -2.48.